The number of H-pyrrole nitrogens is 1. The Morgan fingerprint density at radius 1 is 1.17 bits per heavy atom. The molecule has 35 heavy (non-hydrogen) atoms. The topological polar surface area (TPSA) is 113 Å². The van der Waals surface area contributed by atoms with Crippen LogP contribution in [-0.2, 0) is 0 Å². The van der Waals surface area contributed by atoms with Gasteiger partial charge < -0.3 is 14.4 Å². The third-order valence-electron chi connectivity index (χ3n) is 6.67. The lowest BCUT2D eigenvalue weighted by Crippen LogP contribution is -2.37. The van der Waals surface area contributed by atoms with Crippen molar-refractivity contribution in [2.24, 2.45) is 0 Å². The van der Waals surface area contributed by atoms with Crippen LogP contribution in [0.1, 0.15) is 30.1 Å². The molecule has 2 N–H and O–H groups in total. The lowest BCUT2D eigenvalue weighted by Gasteiger charge is -2.34. The lowest BCUT2D eigenvalue weighted by atomic mass is 10.0. The van der Waals surface area contributed by atoms with E-state index in [0.29, 0.717) is 27.7 Å². The van der Waals surface area contributed by atoms with Crippen molar-refractivity contribution in [1.82, 2.24) is 24.5 Å². The molecule has 0 atom stereocenters. The first-order chi connectivity index (χ1) is 17.0. The van der Waals surface area contributed by atoms with Crippen molar-refractivity contribution in [3.8, 4) is 0 Å². The molecule has 0 saturated carbocycles. The second-order valence-electron chi connectivity index (χ2n) is 8.88. The van der Waals surface area contributed by atoms with Gasteiger partial charge >= 0.3 is 5.69 Å². The highest BCUT2D eigenvalue weighted by Crippen LogP contribution is 2.28. The molecule has 4 aromatic heterocycles. The number of oxazole rings is 1. The van der Waals surface area contributed by atoms with Gasteiger partial charge in [-0.3, -0.25) is 14.5 Å². The van der Waals surface area contributed by atoms with E-state index in [9.17, 15) is 9.90 Å². The van der Waals surface area contributed by atoms with Gasteiger partial charge in [-0.05, 0) is 68.3 Å². The van der Waals surface area contributed by atoms with Crippen molar-refractivity contribution < 1.29 is 9.52 Å². The zero-order chi connectivity index (χ0) is 24.1. The van der Waals surface area contributed by atoms with E-state index < -0.39 is 0 Å². The second kappa shape index (κ2) is 8.12. The van der Waals surface area contributed by atoms with E-state index in [0.717, 1.165) is 48.2 Å². The fourth-order valence-corrected chi connectivity index (χ4v) is 4.98. The number of piperidine rings is 1. The van der Waals surface area contributed by atoms with Gasteiger partial charge in [-0.15, -0.1) is 0 Å². The van der Waals surface area contributed by atoms with Crippen molar-refractivity contribution in [2.45, 2.75) is 25.8 Å². The molecule has 1 fully saturated rings. The highest BCUT2D eigenvalue weighted by atomic mass is 16.3. The van der Waals surface area contributed by atoms with Crippen LogP contribution in [0.3, 0.4) is 0 Å². The summed E-state index contributed by atoms with van der Waals surface area (Å²) in [5.41, 5.74) is 5.35. The molecule has 9 heteroatoms. The summed E-state index contributed by atoms with van der Waals surface area (Å²) >= 11 is 0. The van der Waals surface area contributed by atoms with E-state index in [1.165, 1.54) is 0 Å². The third-order valence-corrected chi connectivity index (χ3v) is 6.67. The van der Waals surface area contributed by atoms with Crippen LogP contribution in [0.5, 0.6) is 0 Å². The predicted octanol–water partition coefficient (Wildman–Crippen LogP) is 2.54. The van der Waals surface area contributed by atoms with Gasteiger partial charge in [0, 0.05) is 42.4 Å². The SMILES string of the molecule is C=c1nc2c(C)c/c(=C(\O)c3cc(N4CCC(n5c(=O)[nH]c6ncccc65)CC4)ccn3)cc2o1. The number of anilines is 1. The summed E-state index contributed by atoms with van der Waals surface area (Å²) in [5, 5.41) is 11.6. The minimum Gasteiger partial charge on any atom is -0.505 e. The fraction of sp³-hybridized carbons (Fsp3) is 0.231. The third kappa shape index (κ3) is 3.65. The van der Waals surface area contributed by atoms with Crippen molar-refractivity contribution >= 4 is 40.3 Å². The molecule has 0 aliphatic carbocycles. The second-order valence-corrected chi connectivity index (χ2v) is 8.88. The molecule has 1 saturated heterocycles. The Morgan fingerprint density at radius 2 is 2.00 bits per heavy atom. The summed E-state index contributed by atoms with van der Waals surface area (Å²) in [6, 6.07) is 11.3. The van der Waals surface area contributed by atoms with Gasteiger partial charge in [0.2, 0.25) is 5.55 Å². The van der Waals surface area contributed by atoms with Gasteiger partial charge in [0.1, 0.15) is 17.0 Å². The number of aliphatic hydroxyl groups is 1. The van der Waals surface area contributed by atoms with Gasteiger partial charge in [0.15, 0.2) is 11.2 Å². The molecule has 0 spiro atoms. The molecule has 1 aliphatic rings. The Bertz CT molecular complexity index is 1740. The Kier molecular flexibility index (Phi) is 4.91. The van der Waals surface area contributed by atoms with Crippen molar-refractivity contribution in [2.75, 3.05) is 18.0 Å². The quantitative estimate of drug-likeness (QED) is 0.418. The molecule has 0 bridgehead atoms. The maximum atomic E-state index is 12.6. The van der Waals surface area contributed by atoms with Crippen LogP contribution >= 0.6 is 0 Å². The number of aromatic nitrogens is 5. The summed E-state index contributed by atoms with van der Waals surface area (Å²) in [7, 11) is 0. The first-order valence-corrected chi connectivity index (χ1v) is 11.5. The Hall–Kier alpha value is -4.40. The molecule has 0 amide bonds. The first kappa shape index (κ1) is 21.2. The number of fused-ring (bicyclic) bond motifs is 2. The number of rotatable bonds is 3. The minimum absolute atomic E-state index is 0.0755. The number of aliphatic hydroxyl groups excluding tert-OH is 1. The summed E-state index contributed by atoms with van der Waals surface area (Å²) in [6.07, 6.45) is 5.03. The van der Waals surface area contributed by atoms with Crippen LogP contribution in [0.4, 0.5) is 5.69 Å². The number of nitrogens with zero attached hydrogens (tertiary/aromatic N) is 5. The smallest absolute Gasteiger partial charge is 0.327 e. The van der Waals surface area contributed by atoms with Gasteiger partial charge in [-0.2, -0.15) is 0 Å². The molecule has 5 heterocycles. The summed E-state index contributed by atoms with van der Waals surface area (Å²) < 4.78 is 7.39. The van der Waals surface area contributed by atoms with Gasteiger partial charge in [0.25, 0.3) is 0 Å². The zero-order valence-electron chi connectivity index (χ0n) is 19.2. The predicted molar refractivity (Wildman–Crippen MR) is 134 cm³/mol. The largest absolute Gasteiger partial charge is 0.505 e. The molecule has 0 radical (unpaired) electrons. The molecular formula is C26H24N6O3. The number of imidazole rings is 1. The number of aromatic amines is 1. The normalized spacial score (nSPS) is 15.7. The highest BCUT2D eigenvalue weighted by Gasteiger charge is 2.24. The number of nitrogens with one attached hydrogen (secondary N) is 1. The molecule has 0 unspecified atom stereocenters. The van der Waals surface area contributed by atoms with Crippen LogP contribution in [0.2, 0.25) is 0 Å². The average molecular weight is 469 g/mol. The summed E-state index contributed by atoms with van der Waals surface area (Å²) in [4.78, 5) is 30.6. The fourth-order valence-electron chi connectivity index (χ4n) is 4.98. The lowest BCUT2D eigenvalue weighted by molar-refractivity contribution is 0.396. The van der Waals surface area contributed by atoms with Gasteiger partial charge in [-0.25, -0.2) is 14.8 Å². The molecule has 1 aliphatic heterocycles. The maximum Gasteiger partial charge on any atom is 0.327 e. The summed E-state index contributed by atoms with van der Waals surface area (Å²) in [6.45, 7) is 7.23. The summed E-state index contributed by atoms with van der Waals surface area (Å²) in [5.74, 6) is 0.0755. The van der Waals surface area contributed by atoms with Crippen molar-refractivity contribution in [3.63, 3.8) is 0 Å². The van der Waals surface area contributed by atoms with Gasteiger partial charge in [0.05, 0.1) is 5.52 Å². The standard InChI is InChI=1S/C26H24N6O3/c1-15-12-17(13-22-23(15)29-16(2)35-22)24(33)20-14-19(5-9-27-20)31-10-6-18(7-11-31)32-21-4-3-8-28-25(21)30-26(32)34/h3-5,8-9,12-14,18,33H,2,6-7,10-11H2,1H3,(H,28,30,34)/b24-17+. The van der Waals surface area contributed by atoms with E-state index in [-0.39, 0.29) is 17.5 Å². The number of hydrogen-bond donors (Lipinski definition) is 2. The molecular weight excluding hydrogens is 444 g/mol. The van der Waals surface area contributed by atoms with Crippen LogP contribution in [0.15, 0.2) is 58.0 Å². The number of hydrogen-bond acceptors (Lipinski definition) is 7. The zero-order valence-corrected chi connectivity index (χ0v) is 19.2. The average Bonchev–Trinajstić information content (AvgIpc) is 3.42. The van der Waals surface area contributed by atoms with E-state index in [2.05, 4.69) is 31.4 Å². The van der Waals surface area contributed by atoms with E-state index >= 15 is 0 Å². The van der Waals surface area contributed by atoms with E-state index in [1.54, 1.807) is 18.5 Å². The Balaban J connectivity index is 1.27. The van der Waals surface area contributed by atoms with Crippen LogP contribution < -0.4 is 21.4 Å². The van der Waals surface area contributed by atoms with Crippen LogP contribution in [0, 0.1) is 6.92 Å². The molecule has 5 aromatic rings. The maximum absolute atomic E-state index is 12.6. The monoisotopic (exact) mass is 468 g/mol. The van der Waals surface area contributed by atoms with E-state index in [1.807, 2.05) is 41.8 Å². The molecule has 9 nitrogen and oxygen atoms in total. The van der Waals surface area contributed by atoms with Crippen molar-refractivity contribution in [3.05, 3.63) is 81.3 Å². The first-order valence-electron chi connectivity index (χ1n) is 11.5. The van der Waals surface area contributed by atoms with Crippen LogP contribution in [-0.4, -0.2) is 42.7 Å². The Labute approximate surface area is 199 Å². The van der Waals surface area contributed by atoms with Crippen LogP contribution in [0.25, 0.3) is 34.6 Å². The minimum atomic E-state index is -0.118. The number of aryl methyl sites for hydroxylation is 1. The van der Waals surface area contributed by atoms with Crippen molar-refractivity contribution in [1.29, 1.82) is 0 Å². The van der Waals surface area contributed by atoms with Gasteiger partial charge in [-0.1, -0.05) is 0 Å². The number of benzene rings is 1. The molecule has 6 rings (SSSR count). The molecule has 1 aromatic carbocycles. The molecule has 176 valence electrons. The number of pyridine rings is 2. The van der Waals surface area contributed by atoms with E-state index in [4.69, 9.17) is 4.42 Å². The Morgan fingerprint density at radius 3 is 2.83 bits per heavy atom. The highest BCUT2D eigenvalue weighted by molar-refractivity contribution is 5.77.